The maximum atomic E-state index is 16.7. The van der Waals surface area contributed by atoms with Gasteiger partial charge in [-0.2, -0.15) is 13.2 Å². The van der Waals surface area contributed by atoms with Crippen LogP contribution in [0.2, 0.25) is 0 Å². The van der Waals surface area contributed by atoms with Gasteiger partial charge in [0, 0.05) is 30.6 Å². The monoisotopic (exact) mass is 578 g/mol. The Morgan fingerprint density at radius 2 is 1.98 bits per heavy atom. The summed E-state index contributed by atoms with van der Waals surface area (Å²) in [5, 5.41) is 6.18. The maximum Gasteiger partial charge on any atom is 0.387 e. The minimum absolute atomic E-state index is 0.0129. The number of nitrogen functional groups attached to an aromatic ring is 1. The molecular weight excluding hydrogens is 551 g/mol. The van der Waals surface area contributed by atoms with Crippen molar-refractivity contribution >= 4 is 28.2 Å². The van der Waals surface area contributed by atoms with Gasteiger partial charge in [0.05, 0.1) is 22.7 Å². The number of halogens is 5. The lowest BCUT2D eigenvalue weighted by Gasteiger charge is -2.46. The first-order valence-corrected chi connectivity index (χ1v) is 13.0. The third kappa shape index (κ3) is 4.02. The van der Waals surface area contributed by atoms with Gasteiger partial charge in [-0.05, 0) is 45.2 Å². The summed E-state index contributed by atoms with van der Waals surface area (Å²) in [6.07, 6.45) is 1.19. The predicted octanol–water partition coefficient (Wildman–Crippen LogP) is 4.05. The van der Waals surface area contributed by atoms with Crippen molar-refractivity contribution in [2.45, 2.75) is 64.0 Å². The van der Waals surface area contributed by atoms with Gasteiger partial charge in [0.15, 0.2) is 17.4 Å². The average molecular weight is 579 g/mol. The number of nitrogens with one attached hydrogen (secondary N) is 2. The number of hydrogen-bond acceptors (Lipinski definition) is 8. The first-order valence-electron chi connectivity index (χ1n) is 13.0. The van der Waals surface area contributed by atoms with E-state index in [0.29, 0.717) is 6.54 Å². The van der Waals surface area contributed by atoms with E-state index in [2.05, 4.69) is 27.3 Å². The molecule has 0 spiro atoms. The van der Waals surface area contributed by atoms with E-state index in [1.165, 1.54) is 14.0 Å². The summed E-state index contributed by atoms with van der Waals surface area (Å²) in [4.78, 5) is 24.0. The summed E-state index contributed by atoms with van der Waals surface area (Å²) in [6, 6.07) is 0.476. The van der Waals surface area contributed by atoms with Gasteiger partial charge in [-0.1, -0.05) is 0 Å². The fourth-order valence-corrected chi connectivity index (χ4v) is 6.47. The van der Waals surface area contributed by atoms with E-state index in [1.54, 1.807) is 0 Å². The molecule has 4 N–H and O–H groups in total. The molecule has 2 fully saturated rings. The highest BCUT2D eigenvalue weighted by Crippen LogP contribution is 2.48. The van der Waals surface area contributed by atoms with Crippen LogP contribution in [-0.4, -0.2) is 59.8 Å². The Hall–Kier alpha value is -3.94. The fraction of sp³-hybridized carbons (Fsp3) is 0.444. The third-order valence-corrected chi connectivity index (χ3v) is 8.25. The van der Waals surface area contributed by atoms with Gasteiger partial charge in [0.1, 0.15) is 23.3 Å². The second-order valence-corrected chi connectivity index (χ2v) is 11.0. The SMILES string of the molecule is CNC(=O)c1nc2c3c(nc(-c4cc(N)c(F)c(F)c4OC(F)F)c(F)c3c1C)OC(C)C1C3CCC(C)(CN21)N3. The molecule has 2 bridgehead atoms. The van der Waals surface area contributed by atoms with Crippen LogP contribution in [0.15, 0.2) is 6.07 Å². The Labute approximate surface area is 231 Å². The number of pyridine rings is 2. The van der Waals surface area contributed by atoms with Crippen molar-refractivity contribution in [2.75, 3.05) is 24.2 Å². The van der Waals surface area contributed by atoms with Crippen LogP contribution in [0.5, 0.6) is 11.6 Å². The number of carbonyl (C=O) groups excluding carboxylic acids is 1. The normalized spacial score (nSPS) is 24.7. The molecule has 1 amide bonds. The van der Waals surface area contributed by atoms with Crippen molar-refractivity contribution in [3.63, 3.8) is 0 Å². The van der Waals surface area contributed by atoms with Gasteiger partial charge in [-0.15, -0.1) is 0 Å². The standard InChI is InChI=1S/C27H27F5N6O3/c1-9-14-15-23(35-19(9)24(39)34-4)38-8-27(3)6-5-13(37-27)21(38)10(2)40-25(15)36-20(17(14)29)11-7-12(33)16(28)18(30)22(11)41-26(31)32/h7,10,13,21,26,37H,5-6,8,33H2,1-4H3,(H,34,39). The molecule has 0 saturated carbocycles. The molecule has 0 aliphatic carbocycles. The van der Waals surface area contributed by atoms with E-state index in [1.807, 2.05) is 11.8 Å². The number of hydrogen-bond donors (Lipinski definition) is 3. The van der Waals surface area contributed by atoms with E-state index in [9.17, 15) is 22.4 Å². The number of nitrogens with zero attached hydrogens (tertiary/aromatic N) is 3. The number of aromatic nitrogens is 2. The van der Waals surface area contributed by atoms with Crippen molar-refractivity contribution in [3.8, 4) is 22.9 Å². The zero-order valence-electron chi connectivity index (χ0n) is 22.5. The Kier molecular flexibility index (Phi) is 6.17. The maximum absolute atomic E-state index is 16.7. The summed E-state index contributed by atoms with van der Waals surface area (Å²) in [5.41, 5.74) is 3.27. The second-order valence-electron chi connectivity index (χ2n) is 11.0. The molecule has 9 nitrogen and oxygen atoms in total. The largest absolute Gasteiger partial charge is 0.472 e. The van der Waals surface area contributed by atoms with Crippen LogP contribution in [0, 0.1) is 24.4 Å². The Bertz CT molecular complexity index is 1620. The van der Waals surface area contributed by atoms with Crippen molar-refractivity contribution in [1.29, 1.82) is 0 Å². The highest BCUT2D eigenvalue weighted by Gasteiger charge is 2.51. The molecule has 1 aromatic carbocycles. The third-order valence-electron chi connectivity index (χ3n) is 8.25. The predicted molar refractivity (Wildman–Crippen MR) is 140 cm³/mol. The van der Waals surface area contributed by atoms with Gasteiger partial charge < -0.3 is 30.7 Å². The summed E-state index contributed by atoms with van der Waals surface area (Å²) in [7, 11) is 1.41. The quantitative estimate of drug-likeness (QED) is 0.314. The van der Waals surface area contributed by atoms with Crippen molar-refractivity contribution in [3.05, 3.63) is 34.8 Å². The minimum atomic E-state index is -3.56. The topological polar surface area (TPSA) is 115 Å². The highest BCUT2D eigenvalue weighted by molar-refractivity contribution is 6.07. The molecule has 218 valence electrons. The summed E-state index contributed by atoms with van der Waals surface area (Å²) < 4.78 is 82.9. The number of ether oxygens (including phenoxy) is 2. The first-order chi connectivity index (χ1) is 19.3. The molecule has 14 heteroatoms. The molecule has 4 unspecified atom stereocenters. The number of piperazine rings is 1. The first kappa shape index (κ1) is 27.2. The zero-order chi connectivity index (χ0) is 29.5. The minimum Gasteiger partial charge on any atom is -0.472 e. The molecule has 41 heavy (non-hydrogen) atoms. The summed E-state index contributed by atoms with van der Waals surface area (Å²) in [6.45, 7) is 2.28. The number of amides is 1. The van der Waals surface area contributed by atoms with Crippen LogP contribution in [-0.2, 0) is 0 Å². The van der Waals surface area contributed by atoms with Gasteiger partial charge in [-0.25, -0.2) is 18.7 Å². The van der Waals surface area contributed by atoms with Gasteiger partial charge in [-0.3, -0.25) is 4.79 Å². The number of fused-ring (bicyclic) bond motifs is 5. The van der Waals surface area contributed by atoms with Crippen LogP contribution in [0.4, 0.5) is 33.5 Å². The molecular formula is C27H27F5N6O3. The lowest BCUT2D eigenvalue weighted by molar-refractivity contribution is -0.0521. The van der Waals surface area contributed by atoms with Crippen LogP contribution in [0.1, 0.15) is 42.7 Å². The van der Waals surface area contributed by atoms with Crippen molar-refractivity contribution in [2.24, 2.45) is 0 Å². The molecule has 6 rings (SSSR count). The van der Waals surface area contributed by atoms with E-state index in [0.717, 1.165) is 18.9 Å². The smallest absolute Gasteiger partial charge is 0.387 e. The lowest BCUT2D eigenvalue weighted by Crippen LogP contribution is -2.66. The van der Waals surface area contributed by atoms with E-state index < -0.39 is 58.8 Å². The molecule has 0 radical (unpaired) electrons. The number of benzene rings is 1. The van der Waals surface area contributed by atoms with Crippen LogP contribution in [0.3, 0.4) is 0 Å². The Morgan fingerprint density at radius 1 is 1.24 bits per heavy atom. The number of carbonyl (C=O) groups is 1. The van der Waals surface area contributed by atoms with Crippen LogP contribution >= 0.6 is 0 Å². The number of anilines is 2. The summed E-state index contributed by atoms with van der Waals surface area (Å²) in [5.74, 6) is -6.24. The Balaban J connectivity index is 1.71. The fourth-order valence-electron chi connectivity index (χ4n) is 6.47. The Morgan fingerprint density at radius 3 is 2.66 bits per heavy atom. The van der Waals surface area contributed by atoms with Crippen molar-refractivity contribution < 1.29 is 36.2 Å². The van der Waals surface area contributed by atoms with Gasteiger partial charge in [0.25, 0.3) is 5.91 Å². The second kappa shape index (κ2) is 9.29. The van der Waals surface area contributed by atoms with Crippen molar-refractivity contribution in [1.82, 2.24) is 20.6 Å². The van der Waals surface area contributed by atoms with Gasteiger partial charge in [0.2, 0.25) is 11.7 Å². The van der Waals surface area contributed by atoms with Crippen LogP contribution < -0.4 is 30.7 Å². The molecule has 4 atom stereocenters. The number of alkyl halides is 2. The van der Waals surface area contributed by atoms with E-state index >= 15 is 4.39 Å². The van der Waals surface area contributed by atoms with Gasteiger partial charge >= 0.3 is 6.61 Å². The summed E-state index contributed by atoms with van der Waals surface area (Å²) >= 11 is 0. The zero-order valence-corrected chi connectivity index (χ0v) is 22.5. The average Bonchev–Trinajstić information content (AvgIpc) is 3.17. The highest BCUT2D eigenvalue weighted by atomic mass is 19.3. The number of aryl methyl sites for hydroxylation is 1. The molecule has 3 aliphatic rings. The number of nitrogens with two attached hydrogens (primary N) is 1. The molecule has 3 aliphatic heterocycles. The van der Waals surface area contributed by atoms with E-state index in [4.69, 9.17) is 15.5 Å². The molecule has 2 aromatic heterocycles. The van der Waals surface area contributed by atoms with E-state index in [-0.39, 0.29) is 51.4 Å². The molecule has 2 saturated heterocycles. The number of rotatable bonds is 4. The lowest BCUT2D eigenvalue weighted by atomic mass is 9.95. The molecule has 5 heterocycles. The van der Waals surface area contributed by atoms with Crippen LogP contribution in [0.25, 0.3) is 22.0 Å². The molecule has 3 aromatic rings.